The number of phenolic OH excluding ortho intramolecular Hbond substituents is 1. The van der Waals surface area contributed by atoms with Crippen molar-refractivity contribution in [2.45, 2.75) is 13.2 Å². The van der Waals surface area contributed by atoms with Crippen LogP contribution in [0.25, 0.3) is 0 Å². The van der Waals surface area contributed by atoms with Crippen LogP contribution in [0.4, 0.5) is 0 Å². The fourth-order valence-corrected chi connectivity index (χ4v) is 1.77. The zero-order valence-electron chi connectivity index (χ0n) is 11.1. The summed E-state index contributed by atoms with van der Waals surface area (Å²) in [5, 5.41) is 17.4. The summed E-state index contributed by atoms with van der Waals surface area (Å²) in [6, 6.07) is 8.38. The minimum atomic E-state index is 0.164. The summed E-state index contributed by atoms with van der Waals surface area (Å²) in [7, 11) is 0. The topological polar surface area (TPSA) is 86.0 Å². The van der Waals surface area contributed by atoms with Crippen LogP contribution in [0, 0.1) is 0 Å². The Kier molecular flexibility index (Phi) is 3.72. The Morgan fingerprint density at radius 1 is 1.14 bits per heavy atom. The van der Waals surface area contributed by atoms with Crippen LogP contribution in [0.15, 0.2) is 48.9 Å². The zero-order chi connectivity index (χ0) is 14.5. The number of ether oxygens (including phenoxy) is 1. The molecule has 2 aromatic heterocycles. The van der Waals surface area contributed by atoms with E-state index in [-0.39, 0.29) is 12.4 Å². The van der Waals surface area contributed by atoms with Gasteiger partial charge in [0.2, 0.25) is 0 Å². The van der Waals surface area contributed by atoms with Gasteiger partial charge in [0.15, 0.2) is 0 Å². The molecule has 0 saturated heterocycles. The summed E-state index contributed by atoms with van der Waals surface area (Å²) in [6.45, 7) is 0.735. The predicted octanol–water partition coefficient (Wildman–Crippen LogP) is 1.40. The number of aromatic hydroxyl groups is 1. The Bertz CT molecular complexity index is 714. The van der Waals surface area contributed by atoms with Gasteiger partial charge in [-0.25, -0.2) is 14.6 Å². The third-order valence-electron chi connectivity index (χ3n) is 2.71. The van der Waals surface area contributed by atoms with Crippen molar-refractivity contribution in [3.63, 3.8) is 0 Å². The Morgan fingerprint density at radius 2 is 2.00 bits per heavy atom. The molecule has 3 rings (SSSR count). The molecule has 106 valence electrons. The van der Waals surface area contributed by atoms with E-state index < -0.39 is 0 Å². The summed E-state index contributed by atoms with van der Waals surface area (Å²) in [6.07, 6.45) is 5.15. The molecule has 7 nitrogen and oxygen atoms in total. The van der Waals surface area contributed by atoms with Crippen LogP contribution in [-0.4, -0.2) is 30.1 Å². The molecule has 1 N–H and O–H groups in total. The Labute approximate surface area is 120 Å². The number of hydrogen-bond donors (Lipinski definition) is 1. The molecule has 0 bridgehead atoms. The van der Waals surface area contributed by atoms with Gasteiger partial charge in [-0.15, -0.1) is 5.10 Å². The van der Waals surface area contributed by atoms with Gasteiger partial charge in [0.05, 0.1) is 6.20 Å². The van der Waals surface area contributed by atoms with Crippen molar-refractivity contribution < 1.29 is 9.84 Å². The standard InChI is InChI=1S/C14H13N5O2/c20-12-3-1-4-13(7-12)21-10-11-8-19(18-17-11)9-14-15-5-2-6-16-14/h1-8,20H,9-10H2. The Hall–Kier alpha value is -2.96. The van der Waals surface area contributed by atoms with Gasteiger partial charge in [-0.2, -0.15) is 0 Å². The first-order valence-corrected chi connectivity index (χ1v) is 6.36. The van der Waals surface area contributed by atoms with Crippen LogP contribution in [0.2, 0.25) is 0 Å². The first-order chi connectivity index (χ1) is 10.3. The number of benzene rings is 1. The summed E-state index contributed by atoms with van der Waals surface area (Å²) < 4.78 is 7.18. The second-order valence-electron chi connectivity index (χ2n) is 4.36. The molecule has 0 saturated carbocycles. The lowest BCUT2D eigenvalue weighted by atomic mass is 10.3. The number of nitrogens with zero attached hydrogens (tertiary/aromatic N) is 5. The van der Waals surface area contributed by atoms with Crippen LogP contribution >= 0.6 is 0 Å². The van der Waals surface area contributed by atoms with Crippen molar-refractivity contribution in [2.24, 2.45) is 0 Å². The van der Waals surface area contributed by atoms with Gasteiger partial charge >= 0.3 is 0 Å². The minimum Gasteiger partial charge on any atom is -0.508 e. The quantitative estimate of drug-likeness (QED) is 0.761. The number of phenols is 1. The molecule has 1 aromatic carbocycles. The van der Waals surface area contributed by atoms with E-state index in [9.17, 15) is 5.11 Å². The van der Waals surface area contributed by atoms with Gasteiger partial charge in [-0.1, -0.05) is 11.3 Å². The van der Waals surface area contributed by atoms with E-state index in [4.69, 9.17) is 4.74 Å². The fraction of sp³-hybridized carbons (Fsp3) is 0.143. The average Bonchev–Trinajstić information content (AvgIpc) is 2.94. The molecule has 0 fully saturated rings. The minimum absolute atomic E-state index is 0.164. The second-order valence-corrected chi connectivity index (χ2v) is 4.36. The van der Waals surface area contributed by atoms with Crippen molar-refractivity contribution in [3.8, 4) is 11.5 Å². The summed E-state index contributed by atoms with van der Waals surface area (Å²) >= 11 is 0. The third kappa shape index (κ3) is 3.53. The van der Waals surface area contributed by atoms with Crippen molar-refractivity contribution >= 4 is 0 Å². The number of hydrogen-bond acceptors (Lipinski definition) is 6. The van der Waals surface area contributed by atoms with Crippen LogP contribution in [0.1, 0.15) is 11.5 Å². The van der Waals surface area contributed by atoms with Crippen molar-refractivity contribution in [1.29, 1.82) is 0 Å². The van der Waals surface area contributed by atoms with E-state index in [0.717, 1.165) is 0 Å². The van der Waals surface area contributed by atoms with E-state index in [1.165, 1.54) is 0 Å². The molecule has 7 heteroatoms. The smallest absolute Gasteiger partial charge is 0.149 e. The van der Waals surface area contributed by atoms with Crippen LogP contribution in [-0.2, 0) is 13.2 Å². The third-order valence-corrected chi connectivity index (χ3v) is 2.71. The summed E-state index contributed by atoms with van der Waals surface area (Å²) in [4.78, 5) is 8.26. The molecule has 0 spiro atoms. The van der Waals surface area contributed by atoms with Crippen molar-refractivity contribution in [2.75, 3.05) is 0 Å². The van der Waals surface area contributed by atoms with Crippen LogP contribution < -0.4 is 4.74 Å². The second kappa shape index (κ2) is 6.00. The molecule has 0 aliphatic rings. The van der Waals surface area contributed by atoms with Gasteiger partial charge in [-0.3, -0.25) is 0 Å². The lowest BCUT2D eigenvalue weighted by Gasteiger charge is -2.03. The predicted molar refractivity (Wildman–Crippen MR) is 73.6 cm³/mol. The fourth-order valence-electron chi connectivity index (χ4n) is 1.77. The maximum atomic E-state index is 9.35. The first-order valence-electron chi connectivity index (χ1n) is 6.36. The monoisotopic (exact) mass is 283 g/mol. The molecule has 2 heterocycles. The Balaban J connectivity index is 1.60. The summed E-state index contributed by atoms with van der Waals surface area (Å²) in [5.41, 5.74) is 0.689. The number of rotatable bonds is 5. The molecule has 21 heavy (non-hydrogen) atoms. The average molecular weight is 283 g/mol. The molecule has 0 unspecified atom stereocenters. The molecule has 0 aliphatic heterocycles. The lowest BCUT2D eigenvalue weighted by Crippen LogP contribution is -2.04. The highest BCUT2D eigenvalue weighted by molar-refractivity contribution is 5.31. The van der Waals surface area contributed by atoms with E-state index in [1.807, 2.05) is 0 Å². The van der Waals surface area contributed by atoms with Gasteiger partial charge < -0.3 is 9.84 Å². The molecular weight excluding hydrogens is 270 g/mol. The lowest BCUT2D eigenvalue weighted by molar-refractivity contribution is 0.299. The molecule has 0 aliphatic carbocycles. The van der Waals surface area contributed by atoms with Crippen molar-refractivity contribution in [3.05, 3.63) is 60.4 Å². The number of aromatic nitrogens is 5. The van der Waals surface area contributed by atoms with Gasteiger partial charge in [-0.05, 0) is 18.2 Å². The van der Waals surface area contributed by atoms with Gasteiger partial charge in [0.1, 0.15) is 36.2 Å². The normalized spacial score (nSPS) is 10.5. The Morgan fingerprint density at radius 3 is 2.81 bits per heavy atom. The van der Waals surface area contributed by atoms with Crippen molar-refractivity contribution in [1.82, 2.24) is 25.0 Å². The van der Waals surface area contributed by atoms with E-state index in [1.54, 1.807) is 53.6 Å². The highest BCUT2D eigenvalue weighted by atomic mass is 16.5. The maximum Gasteiger partial charge on any atom is 0.149 e. The SMILES string of the molecule is Oc1cccc(OCc2cn(Cc3ncccn3)nn2)c1. The van der Waals surface area contributed by atoms with E-state index in [2.05, 4.69) is 20.3 Å². The molecule has 3 aromatic rings. The molecular formula is C14H13N5O2. The van der Waals surface area contributed by atoms with Crippen LogP contribution in [0.5, 0.6) is 11.5 Å². The van der Waals surface area contributed by atoms with Gasteiger partial charge in [0.25, 0.3) is 0 Å². The molecule has 0 amide bonds. The first kappa shape index (κ1) is 13.0. The largest absolute Gasteiger partial charge is 0.508 e. The maximum absolute atomic E-state index is 9.35. The molecule has 0 atom stereocenters. The highest BCUT2D eigenvalue weighted by Gasteiger charge is 2.04. The van der Waals surface area contributed by atoms with Gasteiger partial charge in [0, 0.05) is 18.5 Å². The highest BCUT2D eigenvalue weighted by Crippen LogP contribution is 2.18. The molecule has 0 radical (unpaired) electrons. The zero-order valence-corrected chi connectivity index (χ0v) is 11.1. The van der Waals surface area contributed by atoms with E-state index >= 15 is 0 Å². The van der Waals surface area contributed by atoms with Crippen LogP contribution in [0.3, 0.4) is 0 Å². The van der Waals surface area contributed by atoms with E-state index in [0.29, 0.717) is 23.8 Å². The summed E-state index contributed by atoms with van der Waals surface area (Å²) in [5.74, 6) is 1.41.